The van der Waals surface area contributed by atoms with Crippen molar-refractivity contribution in [3.63, 3.8) is 0 Å². The fourth-order valence-electron chi connectivity index (χ4n) is 2.72. The summed E-state index contributed by atoms with van der Waals surface area (Å²) in [5.74, 6) is -1.30. The molecule has 0 radical (unpaired) electrons. The Kier molecular flexibility index (Phi) is 7.41. The maximum Gasteiger partial charge on any atom is 0.309 e. The number of nitrogens with zero attached hydrogens (tertiary/aromatic N) is 2. The van der Waals surface area contributed by atoms with Crippen LogP contribution >= 0.6 is 11.6 Å². The van der Waals surface area contributed by atoms with E-state index in [4.69, 9.17) is 11.6 Å². The first-order valence-corrected chi connectivity index (χ1v) is 9.11. The molecule has 0 unspecified atom stereocenters. The van der Waals surface area contributed by atoms with Gasteiger partial charge in [-0.1, -0.05) is 23.7 Å². The van der Waals surface area contributed by atoms with Crippen molar-refractivity contribution in [3.8, 4) is 0 Å². The summed E-state index contributed by atoms with van der Waals surface area (Å²) in [6, 6.07) is 6.97. The molecule has 8 heteroatoms. The van der Waals surface area contributed by atoms with Crippen molar-refractivity contribution in [2.45, 2.75) is 19.9 Å². The Morgan fingerprint density at radius 2 is 1.73 bits per heavy atom. The normalized spacial score (nSPS) is 15.0. The summed E-state index contributed by atoms with van der Waals surface area (Å²) >= 11 is 6.09. The standard InChI is InChI=1S/C18H25ClN4O3/c1-13(2)21-17(25)16(24)20-7-8-22-9-11-23(12-10-22)18(26)14-5-3-4-6-15(14)19/h3-6,13H,7-12H2,1-2H3,(H,20,24)(H,21,25). The van der Waals surface area contributed by atoms with Crippen molar-refractivity contribution in [3.05, 3.63) is 34.9 Å². The molecule has 7 nitrogen and oxygen atoms in total. The maximum atomic E-state index is 12.5. The number of hydrogen-bond donors (Lipinski definition) is 2. The van der Waals surface area contributed by atoms with Gasteiger partial charge in [0.05, 0.1) is 10.6 Å². The minimum atomic E-state index is -0.619. The van der Waals surface area contributed by atoms with Gasteiger partial charge in [0.25, 0.3) is 5.91 Å². The van der Waals surface area contributed by atoms with Gasteiger partial charge in [-0.25, -0.2) is 0 Å². The molecule has 26 heavy (non-hydrogen) atoms. The number of carbonyl (C=O) groups excluding carboxylic acids is 3. The summed E-state index contributed by atoms with van der Waals surface area (Å²) in [4.78, 5) is 39.6. The minimum Gasteiger partial charge on any atom is -0.347 e. The van der Waals surface area contributed by atoms with Crippen LogP contribution in [0, 0.1) is 0 Å². The van der Waals surface area contributed by atoms with Gasteiger partial charge in [-0.3, -0.25) is 19.3 Å². The van der Waals surface area contributed by atoms with Crippen LogP contribution in [0.3, 0.4) is 0 Å². The number of hydrogen-bond acceptors (Lipinski definition) is 4. The van der Waals surface area contributed by atoms with E-state index in [1.165, 1.54) is 0 Å². The highest BCUT2D eigenvalue weighted by Crippen LogP contribution is 2.18. The number of benzene rings is 1. The molecule has 0 aromatic heterocycles. The van der Waals surface area contributed by atoms with Crippen LogP contribution in [0.5, 0.6) is 0 Å². The Morgan fingerprint density at radius 1 is 1.08 bits per heavy atom. The van der Waals surface area contributed by atoms with Crippen molar-refractivity contribution in [1.29, 1.82) is 0 Å². The summed E-state index contributed by atoms with van der Waals surface area (Å²) in [6.07, 6.45) is 0. The molecule has 1 fully saturated rings. The lowest BCUT2D eigenvalue weighted by atomic mass is 10.2. The van der Waals surface area contributed by atoms with Gasteiger partial charge in [-0.05, 0) is 26.0 Å². The zero-order valence-electron chi connectivity index (χ0n) is 15.1. The summed E-state index contributed by atoms with van der Waals surface area (Å²) in [6.45, 7) is 7.26. The molecule has 0 bridgehead atoms. The molecule has 0 aliphatic carbocycles. The number of nitrogens with one attached hydrogen (secondary N) is 2. The van der Waals surface area contributed by atoms with Gasteiger partial charge in [-0.15, -0.1) is 0 Å². The SMILES string of the molecule is CC(C)NC(=O)C(=O)NCCN1CCN(C(=O)c2ccccc2Cl)CC1. The fourth-order valence-corrected chi connectivity index (χ4v) is 2.93. The fraction of sp³-hybridized carbons (Fsp3) is 0.500. The summed E-state index contributed by atoms with van der Waals surface area (Å²) in [5.41, 5.74) is 0.519. The number of halogens is 1. The molecule has 3 amide bonds. The zero-order chi connectivity index (χ0) is 19.1. The van der Waals surface area contributed by atoms with Gasteiger partial charge >= 0.3 is 11.8 Å². The Morgan fingerprint density at radius 3 is 2.35 bits per heavy atom. The van der Waals surface area contributed by atoms with Crippen LogP contribution in [0.15, 0.2) is 24.3 Å². The molecule has 1 aromatic carbocycles. The molecular formula is C18H25ClN4O3. The molecular weight excluding hydrogens is 356 g/mol. The first kappa shape index (κ1) is 20.2. The summed E-state index contributed by atoms with van der Waals surface area (Å²) < 4.78 is 0. The molecule has 0 atom stereocenters. The van der Waals surface area contributed by atoms with E-state index in [1.54, 1.807) is 43.0 Å². The number of rotatable bonds is 5. The maximum absolute atomic E-state index is 12.5. The number of piperazine rings is 1. The van der Waals surface area contributed by atoms with E-state index in [9.17, 15) is 14.4 Å². The van der Waals surface area contributed by atoms with Crippen molar-refractivity contribution in [1.82, 2.24) is 20.4 Å². The number of amides is 3. The average Bonchev–Trinajstić information content (AvgIpc) is 2.61. The zero-order valence-corrected chi connectivity index (χ0v) is 15.9. The van der Waals surface area contributed by atoms with Crippen molar-refractivity contribution >= 4 is 29.3 Å². The topological polar surface area (TPSA) is 81.8 Å². The summed E-state index contributed by atoms with van der Waals surface area (Å²) in [5, 5.41) is 5.62. The van der Waals surface area contributed by atoms with Crippen LogP contribution < -0.4 is 10.6 Å². The molecule has 0 spiro atoms. The van der Waals surface area contributed by atoms with E-state index >= 15 is 0 Å². The predicted octanol–water partition coefficient (Wildman–Crippen LogP) is 0.739. The van der Waals surface area contributed by atoms with Gasteiger partial charge in [0, 0.05) is 45.3 Å². The Balaban J connectivity index is 1.72. The van der Waals surface area contributed by atoms with Crippen LogP contribution in [0.4, 0.5) is 0 Å². The van der Waals surface area contributed by atoms with Crippen LogP contribution in [-0.4, -0.2) is 72.8 Å². The third-order valence-corrected chi connectivity index (χ3v) is 4.43. The average molecular weight is 381 g/mol. The second-order valence-corrected chi connectivity index (χ2v) is 6.90. The van der Waals surface area contributed by atoms with E-state index in [1.807, 2.05) is 0 Å². The minimum absolute atomic E-state index is 0.0612. The monoisotopic (exact) mass is 380 g/mol. The lowest BCUT2D eigenvalue weighted by molar-refractivity contribution is -0.139. The second-order valence-electron chi connectivity index (χ2n) is 6.50. The second kappa shape index (κ2) is 9.54. The number of carbonyl (C=O) groups is 3. The van der Waals surface area contributed by atoms with Gasteiger partial charge in [0.1, 0.15) is 0 Å². The molecule has 1 saturated heterocycles. The smallest absolute Gasteiger partial charge is 0.309 e. The first-order valence-electron chi connectivity index (χ1n) is 8.73. The Hall–Kier alpha value is -2.12. The van der Waals surface area contributed by atoms with Gasteiger partial charge in [0.15, 0.2) is 0 Å². The van der Waals surface area contributed by atoms with Crippen molar-refractivity contribution in [2.75, 3.05) is 39.3 Å². The van der Waals surface area contributed by atoms with E-state index in [2.05, 4.69) is 15.5 Å². The predicted molar refractivity (Wildman–Crippen MR) is 100 cm³/mol. The highest BCUT2D eigenvalue weighted by Gasteiger charge is 2.23. The molecule has 2 N–H and O–H groups in total. The van der Waals surface area contributed by atoms with Gasteiger partial charge in [0.2, 0.25) is 0 Å². The van der Waals surface area contributed by atoms with Crippen LogP contribution in [0.25, 0.3) is 0 Å². The molecule has 1 heterocycles. The van der Waals surface area contributed by atoms with Gasteiger partial charge in [-0.2, -0.15) is 0 Å². The lowest BCUT2D eigenvalue weighted by Gasteiger charge is -2.34. The highest BCUT2D eigenvalue weighted by molar-refractivity contribution is 6.35. The summed E-state index contributed by atoms with van der Waals surface area (Å²) in [7, 11) is 0. The van der Waals surface area contributed by atoms with Gasteiger partial charge < -0.3 is 15.5 Å². The molecule has 1 aromatic rings. The van der Waals surface area contributed by atoms with E-state index in [0.29, 0.717) is 49.9 Å². The Labute approximate surface area is 158 Å². The molecule has 0 saturated carbocycles. The van der Waals surface area contributed by atoms with Crippen molar-refractivity contribution < 1.29 is 14.4 Å². The Bertz CT molecular complexity index is 658. The first-order chi connectivity index (χ1) is 12.4. The van der Waals surface area contributed by atoms with E-state index < -0.39 is 11.8 Å². The van der Waals surface area contributed by atoms with Crippen molar-refractivity contribution in [2.24, 2.45) is 0 Å². The molecule has 1 aliphatic rings. The molecule has 1 aliphatic heterocycles. The molecule has 142 valence electrons. The van der Waals surface area contributed by atoms with Crippen LogP contribution in [-0.2, 0) is 9.59 Å². The van der Waals surface area contributed by atoms with E-state index in [0.717, 1.165) is 0 Å². The van der Waals surface area contributed by atoms with Crippen LogP contribution in [0.1, 0.15) is 24.2 Å². The van der Waals surface area contributed by atoms with E-state index in [-0.39, 0.29) is 11.9 Å². The quantitative estimate of drug-likeness (QED) is 0.738. The molecule has 2 rings (SSSR count). The third-order valence-electron chi connectivity index (χ3n) is 4.10. The lowest BCUT2D eigenvalue weighted by Crippen LogP contribution is -2.51. The highest BCUT2D eigenvalue weighted by atomic mass is 35.5. The third kappa shape index (κ3) is 5.71. The largest absolute Gasteiger partial charge is 0.347 e. The van der Waals surface area contributed by atoms with Crippen LogP contribution in [0.2, 0.25) is 5.02 Å².